The fraction of sp³-hybridized carbons (Fsp3) is 0.462. The zero-order valence-electron chi connectivity index (χ0n) is 11.8. The van der Waals surface area contributed by atoms with Gasteiger partial charge in [0.15, 0.2) is 0 Å². The van der Waals surface area contributed by atoms with Gasteiger partial charge in [0.1, 0.15) is 0 Å². The van der Waals surface area contributed by atoms with E-state index in [1.165, 1.54) is 12.1 Å². The third-order valence-corrected chi connectivity index (χ3v) is 3.81. The lowest BCUT2D eigenvalue weighted by Crippen LogP contribution is -2.18. The van der Waals surface area contributed by atoms with Gasteiger partial charge in [0.2, 0.25) is 6.54 Å². The van der Waals surface area contributed by atoms with Gasteiger partial charge >= 0.3 is 5.97 Å². The molecule has 2 atom stereocenters. The van der Waals surface area contributed by atoms with Gasteiger partial charge in [-0.2, -0.15) is 0 Å². The Morgan fingerprint density at radius 1 is 1.50 bits per heavy atom. The molecule has 0 radical (unpaired) electrons. The van der Waals surface area contributed by atoms with E-state index in [9.17, 15) is 23.7 Å². The van der Waals surface area contributed by atoms with Crippen molar-refractivity contribution >= 4 is 28.7 Å². The van der Waals surface area contributed by atoms with Crippen LogP contribution in [0, 0.1) is 10.1 Å². The summed E-state index contributed by atoms with van der Waals surface area (Å²) in [4.78, 5) is 21.8. The quantitative estimate of drug-likeness (QED) is 0.307. The minimum absolute atomic E-state index is 0.141. The van der Waals surface area contributed by atoms with Crippen molar-refractivity contribution < 1.29 is 23.2 Å². The number of hydrogen-bond acceptors (Lipinski definition) is 6. The molecule has 9 heteroatoms. The first kappa shape index (κ1) is 18.5. The van der Waals surface area contributed by atoms with E-state index >= 15 is 0 Å². The average molecular weight is 349 g/mol. The molecule has 0 aliphatic heterocycles. The average Bonchev–Trinajstić information content (AvgIpc) is 2.39. The molecule has 0 aromatic heterocycles. The van der Waals surface area contributed by atoms with Crippen LogP contribution in [-0.4, -0.2) is 32.8 Å². The fourth-order valence-corrected chi connectivity index (χ4v) is 2.79. The van der Waals surface area contributed by atoms with Gasteiger partial charge in [0, 0.05) is 15.7 Å². The first-order valence-electron chi connectivity index (χ1n) is 6.45. The summed E-state index contributed by atoms with van der Waals surface area (Å²) in [6, 6.07) is 4.49. The first-order valence-corrected chi connectivity index (χ1v) is 8.07. The Morgan fingerprint density at radius 2 is 2.18 bits per heavy atom. The summed E-state index contributed by atoms with van der Waals surface area (Å²) in [5, 5.41) is 11.0. The van der Waals surface area contributed by atoms with Crippen molar-refractivity contribution in [2.45, 2.75) is 25.0 Å². The summed E-state index contributed by atoms with van der Waals surface area (Å²) >= 11 is 3.71. The summed E-state index contributed by atoms with van der Waals surface area (Å²) in [7, 11) is 0. The van der Waals surface area contributed by atoms with E-state index in [-0.39, 0.29) is 23.8 Å². The Labute approximate surface area is 135 Å². The number of rotatable bonds is 8. The number of nitrogens with zero attached hydrogens (tertiary/aromatic N) is 1. The van der Waals surface area contributed by atoms with Crippen LogP contribution in [0.4, 0.5) is 0 Å². The number of benzene rings is 1. The SMILES string of the molecule is CCOC(=O)CC(C[N+](=O)[O-])c1ccc(CS(=O)[O-])c(Cl)c1. The van der Waals surface area contributed by atoms with Crippen LogP contribution < -0.4 is 0 Å². The second kappa shape index (κ2) is 8.82. The molecule has 0 amide bonds. The van der Waals surface area contributed by atoms with Crippen molar-refractivity contribution in [2.75, 3.05) is 13.2 Å². The molecule has 1 aromatic carbocycles. The van der Waals surface area contributed by atoms with Gasteiger partial charge in [-0.3, -0.25) is 19.1 Å². The molecule has 0 fully saturated rings. The van der Waals surface area contributed by atoms with Crippen molar-refractivity contribution in [3.05, 3.63) is 44.5 Å². The number of carbonyl (C=O) groups is 1. The molecule has 0 saturated heterocycles. The molecule has 0 saturated carbocycles. The van der Waals surface area contributed by atoms with E-state index in [4.69, 9.17) is 16.3 Å². The van der Waals surface area contributed by atoms with Gasteiger partial charge in [-0.15, -0.1) is 0 Å². The van der Waals surface area contributed by atoms with E-state index in [2.05, 4.69) is 0 Å². The van der Waals surface area contributed by atoms with Gasteiger partial charge < -0.3 is 9.29 Å². The van der Waals surface area contributed by atoms with Crippen molar-refractivity contribution in [2.24, 2.45) is 0 Å². The van der Waals surface area contributed by atoms with E-state index in [0.29, 0.717) is 11.1 Å². The summed E-state index contributed by atoms with van der Waals surface area (Å²) < 4.78 is 26.2. The molecule has 0 heterocycles. The monoisotopic (exact) mass is 348 g/mol. The molecule has 1 rings (SSSR count). The number of carbonyl (C=O) groups excluding carboxylic acids is 1. The van der Waals surface area contributed by atoms with Crippen LogP contribution in [0.2, 0.25) is 5.02 Å². The lowest BCUT2D eigenvalue weighted by Gasteiger charge is -2.15. The lowest BCUT2D eigenvalue weighted by molar-refractivity contribution is -0.483. The molecule has 0 spiro atoms. The van der Waals surface area contributed by atoms with Gasteiger partial charge in [0.25, 0.3) is 0 Å². The summed E-state index contributed by atoms with van der Waals surface area (Å²) in [5.41, 5.74) is 0.893. The molecule has 0 aliphatic carbocycles. The zero-order valence-corrected chi connectivity index (χ0v) is 13.4. The van der Waals surface area contributed by atoms with E-state index in [1.54, 1.807) is 13.0 Å². The van der Waals surface area contributed by atoms with Crippen LogP contribution >= 0.6 is 11.6 Å². The summed E-state index contributed by atoms with van der Waals surface area (Å²) in [6.07, 6.45) is -0.141. The van der Waals surface area contributed by atoms with Crippen molar-refractivity contribution in [1.82, 2.24) is 0 Å². The van der Waals surface area contributed by atoms with Crippen LogP contribution in [-0.2, 0) is 26.4 Å². The summed E-state index contributed by atoms with van der Waals surface area (Å²) in [5.74, 6) is -1.45. The maximum absolute atomic E-state index is 11.5. The predicted molar refractivity (Wildman–Crippen MR) is 79.9 cm³/mol. The summed E-state index contributed by atoms with van der Waals surface area (Å²) in [6.45, 7) is 1.40. The maximum Gasteiger partial charge on any atom is 0.306 e. The second-order valence-corrected chi connectivity index (χ2v) is 5.82. The molecular formula is C13H15ClNO6S-. The van der Waals surface area contributed by atoms with Crippen LogP contribution in [0.1, 0.15) is 30.4 Å². The smallest absolute Gasteiger partial charge is 0.306 e. The Hall–Kier alpha value is -1.51. The molecule has 0 aliphatic rings. The van der Waals surface area contributed by atoms with Crippen LogP contribution in [0.15, 0.2) is 18.2 Å². The fourth-order valence-electron chi connectivity index (χ4n) is 1.95. The molecule has 0 bridgehead atoms. The second-order valence-electron chi connectivity index (χ2n) is 4.52. The highest BCUT2D eigenvalue weighted by Gasteiger charge is 2.23. The van der Waals surface area contributed by atoms with Crippen LogP contribution in [0.3, 0.4) is 0 Å². The molecule has 0 N–H and O–H groups in total. The molecule has 7 nitrogen and oxygen atoms in total. The van der Waals surface area contributed by atoms with Crippen LogP contribution in [0.5, 0.6) is 0 Å². The van der Waals surface area contributed by atoms with Crippen molar-refractivity contribution in [1.29, 1.82) is 0 Å². The Balaban J connectivity index is 2.98. The van der Waals surface area contributed by atoms with Gasteiger partial charge in [-0.05, 0) is 24.1 Å². The number of esters is 1. The minimum atomic E-state index is -2.28. The highest BCUT2D eigenvalue weighted by atomic mass is 35.5. The molecule has 1 aromatic rings. The van der Waals surface area contributed by atoms with Crippen LogP contribution in [0.25, 0.3) is 0 Å². The maximum atomic E-state index is 11.5. The number of hydrogen-bond donors (Lipinski definition) is 0. The standard InChI is InChI=1S/C13H16ClNO6S/c1-2-21-13(16)6-11(7-15(17)18)9-3-4-10(8-22(19)20)12(14)5-9/h3-5,11H,2,6-8H2,1H3,(H,19,20)/p-1. The number of halogens is 1. The highest BCUT2D eigenvalue weighted by Crippen LogP contribution is 2.26. The molecule has 2 unspecified atom stereocenters. The normalized spacial score (nSPS) is 13.4. The predicted octanol–water partition coefficient (Wildman–Crippen LogP) is 2.03. The third kappa shape index (κ3) is 6.08. The Bertz CT molecular complexity index is 580. The lowest BCUT2D eigenvalue weighted by atomic mass is 9.95. The first-order chi connectivity index (χ1) is 10.3. The van der Waals surface area contributed by atoms with Gasteiger partial charge in [-0.25, -0.2) is 0 Å². The Kier molecular flexibility index (Phi) is 7.43. The van der Waals surface area contributed by atoms with E-state index in [1.807, 2.05) is 0 Å². The van der Waals surface area contributed by atoms with Gasteiger partial charge in [-0.1, -0.05) is 34.8 Å². The van der Waals surface area contributed by atoms with E-state index < -0.39 is 34.4 Å². The van der Waals surface area contributed by atoms with E-state index in [0.717, 1.165) is 0 Å². The number of ether oxygens (including phenoxy) is 1. The highest BCUT2D eigenvalue weighted by molar-refractivity contribution is 7.78. The Morgan fingerprint density at radius 3 is 2.68 bits per heavy atom. The third-order valence-electron chi connectivity index (χ3n) is 2.91. The molecular weight excluding hydrogens is 334 g/mol. The zero-order chi connectivity index (χ0) is 16.7. The molecule has 22 heavy (non-hydrogen) atoms. The number of nitro groups is 1. The van der Waals surface area contributed by atoms with Crippen molar-refractivity contribution in [3.63, 3.8) is 0 Å². The van der Waals surface area contributed by atoms with Gasteiger partial charge in [0.05, 0.1) is 18.9 Å². The van der Waals surface area contributed by atoms with Crippen molar-refractivity contribution in [3.8, 4) is 0 Å². The molecule has 122 valence electrons. The topological polar surface area (TPSA) is 110 Å². The largest absolute Gasteiger partial charge is 0.772 e. The minimum Gasteiger partial charge on any atom is -0.772 e.